The second-order valence-electron chi connectivity index (χ2n) is 7.05. The first-order chi connectivity index (χ1) is 13.8. The Kier molecular flexibility index (Phi) is 4.64. The Morgan fingerprint density at radius 3 is 2.57 bits per heavy atom. The van der Waals surface area contributed by atoms with Crippen molar-refractivity contribution in [1.82, 2.24) is 14.5 Å². The highest BCUT2D eigenvalue weighted by Crippen LogP contribution is 2.22. The van der Waals surface area contributed by atoms with Gasteiger partial charge >= 0.3 is 0 Å². The summed E-state index contributed by atoms with van der Waals surface area (Å²) in [6.07, 6.45) is 0. The third-order valence-corrected chi connectivity index (χ3v) is 6.20. The molecule has 0 unspecified atom stereocenters. The molecule has 7 heteroatoms. The van der Waals surface area contributed by atoms with Gasteiger partial charge in [-0.15, -0.1) is 11.3 Å². The number of benzene rings is 2. The van der Waals surface area contributed by atoms with E-state index >= 15 is 0 Å². The fraction of sp³-hybridized carbons (Fsp3) is 0.286. The summed E-state index contributed by atoms with van der Waals surface area (Å²) in [5.74, 6) is 0.819. The van der Waals surface area contributed by atoms with E-state index in [1.165, 1.54) is 4.90 Å². The number of quaternary nitrogens is 1. The third-order valence-electron chi connectivity index (χ3n) is 5.18. The van der Waals surface area contributed by atoms with Gasteiger partial charge in [-0.2, -0.15) is 0 Å². The molecule has 0 atom stereocenters. The molecule has 0 aliphatic carbocycles. The molecule has 1 N–H and O–H groups in total. The van der Waals surface area contributed by atoms with Gasteiger partial charge < -0.3 is 9.64 Å². The molecule has 1 aliphatic heterocycles. The molecule has 0 spiro atoms. The molecule has 0 radical (unpaired) electrons. The average Bonchev–Trinajstić information content (AvgIpc) is 3.14. The number of thiazole rings is 1. The van der Waals surface area contributed by atoms with Gasteiger partial charge in [-0.25, -0.2) is 9.97 Å². The molecular formula is C21H21N4O2S+. The number of para-hydroxylation sites is 2. The molecule has 5 rings (SSSR count). The van der Waals surface area contributed by atoms with Crippen LogP contribution in [0, 0.1) is 0 Å². The molecule has 1 fully saturated rings. The van der Waals surface area contributed by atoms with Crippen LogP contribution in [-0.2, 0) is 17.8 Å². The van der Waals surface area contributed by atoms with Gasteiger partial charge in [-0.05, 0) is 24.3 Å². The summed E-state index contributed by atoms with van der Waals surface area (Å²) in [7, 11) is 0. The van der Waals surface area contributed by atoms with Crippen LogP contribution in [0.5, 0.6) is 0 Å². The van der Waals surface area contributed by atoms with Crippen molar-refractivity contribution in [3.63, 3.8) is 0 Å². The zero-order valence-electron chi connectivity index (χ0n) is 15.4. The molecule has 1 aliphatic rings. The molecule has 4 aromatic rings. The summed E-state index contributed by atoms with van der Waals surface area (Å²) >= 11 is 1.64. The first kappa shape index (κ1) is 17.5. The number of hydrogen-bond acceptors (Lipinski definition) is 5. The lowest BCUT2D eigenvalue weighted by Gasteiger charge is -2.24. The Hall–Kier alpha value is -2.61. The molecule has 0 bridgehead atoms. The van der Waals surface area contributed by atoms with E-state index in [9.17, 15) is 4.79 Å². The highest BCUT2D eigenvalue weighted by Gasteiger charge is 2.20. The fourth-order valence-electron chi connectivity index (χ4n) is 3.70. The van der Waals surface area contributed by atoms with Crippen LogP contribution in [0.2, 0.25) is 0 Å². The van der Waals surface area contributed by atoms with Gasteiger partial charge in [0.25, 0.3) is 5.56 Å². The van der Waals surface area contributed by atoms with Gasteiger partial charge in [0.15, 0.2) is 5.82 Å². The van der Waals surface area contributed by atoms with Crippen molar-refractivity contribution in [2.75, 3.05) is 26.3 Å². The van der Waals surface area contributed by atoms with Crippen molar-refractivity contribution >= 4 is 32.5 Å². The molecule has 2 aromatic carbocycles. The minimum absolute atomic E-state index is 0.00696. The smallest absolute Gasteiger partial charge is 0.261 e. The number of hydrogen-bond donors (Lipinski definition) is 1. The zero-order chi connectivity index (χ0) is 18.9. The maximum atomic E-state index is 13.3. The number of nitrogens with zero attached hydrogens (tertiary/aromatic N) is 3. The van der Waals surface area contributed by atoms with E-state index in [4.69, 9.17) is 14.7 Å². The maximum absolute atomic E-state index is 13.3. The summed E-state index contributed by atoms with van der Waals surface area (Å²) in [6, 6.07) is 15.7. The molecule has 28 heavy (non-hydrogen) atoms. The maximum Gasteiger partial charge on any atom is 0.261 e. The first-order valence-corrected chi connectivity index (χ1v) is 10.3. The van der Waals surface area contributed by atoms with Crippen LogP contribution in [0.15, 0.2) is 53.3 Å². The second-order valence-corrected chi connectivity index (χ2v) is 8.17. The lowest BCUT2D eigenvalue weighted by molar-refractivity contribution is -0.922. The molecule has 0 amide bonds. The Balaban J connectivity index is 1.58. The van der Waals surface area contributed by atoms with Crippen molar-refractivity contribution in [3.05, 3.63) is 69.7 Å². The van der Waals surface area contributed by atoms with Crippen LogP contribution in [0.4, 0.5) is 0 Å². The van der Waals surface area contributed by atoms with Gasteiger partial charge in [0.1, 0.15) is 24.6 Å². The Bertz CT molecular complexity index is 1160. The molecule has 0 saturated carbocycles. The highest BCUT2D eigenvalue weighted by atomic mass is 32.1. The summed E-state index contributed by atoms with van der Waals surface area (Å²) in [5.41, 5.74) is 1.74. The number of ether oxygens (including phenoxy) is 1. The standard InChI is InChI=1S/C21H20N4O2S/c26-21-15-5-1-2-6-16(15)22-19(13-24-9-11-27-12-10-24)25(21)14-20-23-17-7-3-4-8-18(17)28-20/h1-8H,9-14H2/p+1. The summed E-state index contributed by atoms with van der Waals surface area (Å²) < 4.78 is 8.42. The van der Waals surface area contributed by atoms with Crippen molar-refractivity contribution in [2.24, 2.45) is 0 Å². The number of aromatic nitrogens is 3. The number of nitrogens with one attached hydrogen (secondary N) is 1. The van der Waals surface area contributed by atoms with Crippen LogP contribution in [0.3, 0.4) is 0 Å². The molecule has 1 saturated heterocycles. The van der Waals surface area contributed by atoms with Crippen molar-refractivity contribution in [1.29, 1.82) is 0 Å². The number of rotatable bonds is 4. The molecule has 142 valence electrons. The van der Waals surface area contributed by atoms with Crippen molar-refractivity contribution < 1.29 is 9.64 Å². The van der Waals surface area contributed by atoms with E-state index in [0.29, 0.717) is 18.5 Å². The van der Waals surface area contributed by atoms with E-state index in [-0.39, 0.29) is 5.56 Å². The molecule has 2 aromatic heterocycles. The van der Waals surface area contributed by atoms with E-state index in [2.05, 4.69) is 6.07 Å². The topological polar surface area (TPSA) is 61.4 Å². The third kappa shape index (κ3) is 3.32. The van der Waals surface area contributed by atoms with E-state index in [1.807, 2.05) is 47.0 Å². The zero-order valence-corrected chi connectivity index (χ0v) is 16.2. The Morgan fingerprint density at radius 1 is 1.00 bits per heavy atom. The lowest BCUT2D eigenvalue weighted by atomic mass is 10.2. The van der Waals surface area contributed by atoms with E-state index < -0.39 is 0 Å². The quantitative estimate of drug-likeness (QED) is 0.570. The van der Waals surface area contributed by atoms with E-state index in [1.54, 1.807) is 11.3 Å². The van der Waals surface area contributed by atoms with Gasteiger partial charge in [-0.3, -0.25) is 9.36 Å². The predicted octanol–water partition coefficient (Wildman–Crippen LogP) is 1.47. The Morgan fingerprint density at radius 2 is 1.75 bits per heavy atom. The van der Waals surface area contributed by atoms with Crippen LogP contribution >= 0.6 is 11.3 Å². The van der Waals surface area contributed by atoms with Gasteiger partial charge in [0.05, 0.1) is 40.9 Å². The molecular weight excluding hydrogens is 372 g/mol. The summed E-state index contributed by atoms with van der Waals surface area (Å²) in [4.78, 5) is 24.3. The highest BCUT2D eigenvalue weighted by molar-refractivity contribution is 7.18. The predicted molar refractivity (Wildman–Crippen MR) is 110 cm³/mol. The first-order valence-electron chi connectivity index (χ1n) is 9.52. The molecule has 6 nitrogen and oxygen atoms in total. The van der Waals surface area contributed by atoms with Gasteiger partial charge in [0, 0.05) is 0 Å². The Labute approximate surface area is 166 Å². The lowest BCUT2D eigenvalue weighted by Crippen LogP contribution is -3.13. The van der Waals surface area contributed by atoms with Crippen LogP contribution in [0.25, 0.3) is 21.1 Å². The van der Waals surface area contributed by atoms with Gasteiger partial charge in [-0.1, -0.05) is 24.3 Å². The summed E-state index contributed by atoms with van der Waals surface area (Å²) in [6.45, 7) is 4.55. The SMILES string of the molecule is O=c1c2ccccc2nc(C[NH+]2CCOCC2)n1Cc1nc2ccccc2s1. The van der Waals surface area contributed by atoms with E-state index in [0.717, 1.165) is 52.9 Å². The van der Waals surface area contributed by atoms with Crippen LogP contribution in [-0.4, -0.2) is 40.8 Å². The summed E-state index contributed by atoms with van der Waals surface area (Å²) in [5, 5.41) is 1.59. The van der Waals surface area contributed by atoms with Crippen LogP contribution < -0.4 is 10.5 Å². The average molecular weight is 393 g/mol. The number of fused-ring (bicyclic) bond motifs is 2. The largest absolute Gasteiger partial charge is 0.370 e. The monoisotopic (exact) mass is 393 g/mol. The minimum atomic E-state index is 0.00696. The second kappa shape index (κ2) is 7.43. The van der Waals surface area contributed by atoms with Crippen molar-refractivity contribution in [3.8, 4) is 0 Å². The van der Waals surface area contributed by atoms with Crippen LogP contribution in [0.1, 0.15) is 10.8 Å². The molecule has 3 heterocycles. The minimum Gasteiger partial charge on any atom is -0.370 e. The fourth-order valence-corrected chi connectivity index (χ4v) is 4.65. The number of morpholine rings is 1. The van der Waals surface area contributed by atoms with Crippen molar-refractivity contribution in [2.45, 2.75) is 13.1 Å². The normalized spacial score (nSPS) is 15.4. The van der Waals surface area contributed by atoms with Gasteiger partial charge in [0.2, 0.25) is 0 Å².